The third-order valence-corrected chi connectivity index (χ3v) is 2.90. The molecule has 0 aliphatic heterocycles. The number of ether oxygens (including phenoxy) is 1. The zero-order valence-corrected chi connectivity index (χ0v) is 10.9. The molecule has 94 valence electrons. The number of halogens is 1. The largest absolute Gasteiger partial charge is 0.488 e. The van der Waals surface area contributed by atoms with Crippen molar-refractivity contribution in [3.8, 4) is 5.75 Å². The minimum Gasteiger partial charge on any atom is -0.488 e. The van der Waals surface area contributed by atoms with Crippen LogP contribution >= 0.6 is 11.6 Å². The van der Waals surface area contributed by atoms with Crippen LogP contribution in [0.25, 0.3) is 0 Å². The van der Waals surface area contributed by atoms with E-state index in [2.05, 4.69) is 10.3 Å². The zero-order chi connectivity index (χ0) is 12.8. The maximum Gasteiger partial charge on any atom is 0.125 e. The fourth-order valence-corrected chi connectivity index (χ4v) is 1.90. The number of nitrogens with one attached hydrogen (secondary N) is 1. The van der Waals surface area contributed by atoms with E-state index in [1.807, 2.05) is 37.4 Å². The molecule has 4 heteroatoms. The van der Waals surface area contributed by atoms with Gasteiger partial charge in [0.2, 0.25) is 0 Å². The van der Waals surface area contributed by atoms with Crippen molar-refractivity contribution < 1.29 is 4.74 Å². The molecule has 18 heavy (non-hydrogen) atoms. The number of hydrogen-bond donors (Lipinski definition) is 1. The van der Waals surface area contributed by atoms with Gasteiger partial charge in [-0.3, -0.25) is 4.98 Å². The van der Waals surface area contributed by atoms with E-state index < -0.39 is 0 Å². The molecule has 1 aromatic carbocycles. The molecule has 1 N–H and O–H groups in total. The number of hydrogen-bond acceptors (Lipinski definition) is 3. The summed E-state index contributed by atoms with van der Waals surface area (Å²) in [4.78, 5) is 4.05. The molecule has 0 aliphatic carbocycles. The van der Waals surface area contributed by atoms with Gasteiger partial charge in [0.1, 0.15) is 12.4 Å². The van der Waals surface area contributed by atoms with E-state index in [1.54, 1.807) is 12.4 Å². The number of nitrogens with zero attached hydrogens (tertiary/aromatic N) is 1. The van der Waals surface area contributed by atoms with E-state index in [1.165, 1.54) is 0 Å². The topological polar surface area (TPSA) is 34.1 Å². The van der Waals surface area contributed by atoms with Crippen LogP contribution in [0, 0.1) is 0 Å². The van der Waals surface area contributed by atoms with E-state index in [-0.39, 0.29) is 0 Å². The minimum atomic E-state index is 0.491. The van der Waals surface area contributed by atoms with Crippen LogP contribution in [0.1, 0.15) is 11.1 Å². The molecule has 1 aromatic heterocycles. The highest BCUT2D eigenvalue weighted by Gasteiger charge is 2.07. The molecule has 0 saturated heterocycles. The van der Waals surface area contributed by atoms with Crippen molar-refractivity contribution in [2.24, 2.45) is 0 Å². The predicted molar refractivity (Wildman–Crippen MR) is 72.8 cm³/mol. The molecule has 0 aliphatic rings. The summed E-state index contributed by atoms with van der Waals surface area (Å²) in [5.41, 5.74) is 2.01. The van der Waals surface area contributed by atoms with Crippen LogP contribution < -0.4 is 10.1 Å². The van der Waals surface area contributed by atoms with Gasteiger partial charge < -0.3 is 10.1 Å². The van der Waals surface area contributed by atoms with Crippen molar-refractivity contribution in [3.05, 3.63) is 58.9 Å². The first-order chi connectivity index (χ1) is 8.81. The van der Waals surface area contributed by atoms with Gasteiger partial charge in [-0.15, -0.1) is 0 Å². The average Bonchev–Trinajstić information content (AvgIpc) is 2.41. The fraction of sp³-hybridized carbons (Fsp3) is 0.214. The summed E-state index contributed by atoms with van der Waals surface area (Å²) < 4.78 is 5.79. The molecule has 2 aromatic rings. The molecule has 1 heterocycles. The lowest BCUT2D eigenvalue weighted by atomic mass is 10.2. The van der Waals surface area contributed by atoms with Gasteiger partial charge in [-0.1, -0.05) is 23.7 Å². The smallest absolute Gasteiger partial charge is 0.125 e. The minimum absolute atomic E-state index is 0.491. The van der Waals surface area contributed by atoms with Crippen LogP contribution in [0.4, 0.5) is 0 Å². The molecule has 0 unspecified atom stereocenters. The SMILES string of the molecule is CNCc1c(Cl)cccc1OCc1cccnc1. The Morgan fingerprint density at radius 3 is 2.89 bits per heavy atom. The Balaban J connectivity index is 2.11. The van der Waals surface area contributed by atoms with Crippen LogP contribution in [-0.4, -0.2) is 12.0 Å². The Bertz CT molecular complexity index is 502. The third kappa shape index (κ3) is 3.22. The predicted octanol–water partition coefficient (Wildman–Crippen LogP) is 3.03. The molecule has 0 amide bonds. The monoisotopic (exact) mass is 262 g/mol. The number of benzene rings is 1. The van der Waals surface area contributed by atoms with Gasteiger partial charge in [0.05, 0.1) is 0 Å². The second-order valence-corrected chi connectivity index (χ2v) is 4.30. The van der Waals surface area contributed by atoms with Gasteiger partial charge in [-0.2, -0.15) is 0 Å². The van der Waals surface area contributed by atoms with Gasteiger partial charge in [0, 0.05) is 35.1 Å². The van der Waals surface area contributed by atoms with Gasteiger partial charge in [0.15, 0.2) is 0 Å². The normalized spacial score (nSPS) is 10.3. The summed E-state index contributed by atoms with van der Waals surface area (Å²) in [5.74, 6) is 0.806. The van der Waals surface area contributed by atoms with Gasteiger partial charge >= 0.3 is 0 Å². The lowest BCUT2D eigenvalue weighted by Gasteiger charge is -2.12. The second kappa shape index (κ2) is 6.38. The molecule has 3 nitrogen and oxygen atoms in total. The van der Waals surface area contributed by atoms with Gasteiger partial charge in [0.25, 0.3) is 0 Å². The molecule has 0 saturated carbocycles. The maximum atomic E-state index is 6.16. The highest BCUT2D eigenvalue weighted by atomic mass is 35.5. The van der Waals surface area contributed by atoms with E-state index in [0.29, 0.717) is 18.2 Å². The highest BCUT2D eigenvalue weighted by molar-refractivity contribution is 6.31. The lowest BCUT2D eigenvalue weighted by Crippen LogP contribution is -2.08. The molecular weight excluding hydrogens is 248 g/mol. The number of pyridine rings is 1. The van der Waals surface area contributed by atoms with Crippen LogP contribution in [0.15, 0.2) is 42.7 Å². The summed E-state index contributed by atoms with van der Waals surface area (Å²) in [6.07, 6.45) is 3.54. The van der Waals surface area contributed by atoms with Crippen molar-refractivity contribution >= 4 is 11.6 Å². The molecule has 0 fully saturated rings. The standard InChI is InChI=1S/C14H15ClN2O/c1-16-9-12-13(15)5-2-6-14(12)18-10-11-4-3-7-17-8-11/h2-8,16H,9-10H2,1H3. The first-order valence-corrected chi connectivity index (χ1v) is 6.12. The molecule has 0 spiro atoms. The van der Waals surface area contributed by atoms with Crippen molar-refractivity contribution in [1.29, 1.82) is 0 Å². The lowest BCUT2D eigenvalue weighted by molar-refractivity contribution is 0.302. The Morgan fingerprint density at radius 1 is 1.28 bits per heavy atom. The van der Waals surface area contributed by atoms with Crippen molar-refractivity contribution in [1.82, 2.24) is 10.3 Å². The molecule has 0 radical (unpaired) electrons. The van der Waals surface area contributed by atoms with Crippen molar-refractivity contribution in [2.45, 2.75) is 13.2 Å². The Kier molecular flexibility index (Phi) is 4.56. The van der Waals surface area contributed by atoms with Crippen molar-refractivity contribution in [3.63, 3.8) is 0 Å². The van der Waals surface area contributed by atoms with Gasteiger partial charge in [-0.25, -0.2) is 0 Å². The molecule has 0 bridgehead atoms. The Labute approximate surface area is 112 Å². The zero-order valence-electron chi connectivity index (χ0n) is 10.2. The summed E-state index contributed by atoms with van der Waals surface area (Å²) in [6, 6.07) is 9.56. The number of aromatic nitrogens is 1. The van der Waals surface area contributed by atoms with Crippen molar-refractivity contribution in [2.75, 3.05) is 7.05 Å². The van der Waals surface area contributed by atoms with E-state index in [0.717, 1.165) is 16.9 Å². The molecular formula is C14H15ClN2O. The number of rotatable bonds is 5. The summed E-state index contributed by atoms with van der Waals surface area (Å²) >= 11 is 6.16. The second-order valence-electron chi connectivity index (χ2n) is 3.90. The van der Waals surface area contributed by atoms with Crippen LogP contribution in [0.3, 0.4) is 0 Å². The van der Waals surface area contributed by atoms with Crippen LogP contribution in [0.5, 0.6) is 5.75 Å². The van der Waals surface area contributed by atoms with Crippen LogP contribution in [-0.2, 0) is 13.2 Å². The van der Waals surface area contributed by atoms with E-state index in [9.17, 15) is 0 Å². The first kappa shape index (κ1) is 12.9. The first-order valence-electron chi connectivity index (χ1n) is 5.75. The Hall–Kier alpha value is -1.58. The summed E-state index contributed by atoms with van der Waals surface area (Å²) in [7, 11) is 1.88. The Morgan fingerprint density at radius 2 is 2.17 bits per heavy atom. The van der Waals surface area contributed by atoms with Gasteiger partial charge in [-0.05, 0) is 25.2 Å². The molecule has 0 atom stereocenters. The quantitative estimate of drug-likeness (QED) is 0.899. The van der Waals surface area contributed by atoms with E-state index in [4.69, 9.17) is 16.3 Å². The molecule has 2 rings (SSSR count). The summed E-state index contributed by atoms with van der Waals surface area (Å²) in [5, 5.41) is 3.80. The highest BCUT2D eigenvalue weighted by Crippen LogP contribution is 2.26. The maximum absolute atomic E-state index is 6.16. The van der Waals surface area contributed by atoms with E-state index >= 15 is 0 Å². The average molecular weight is 263 g/mol. The van der Waals surface area contributed by atoms with Crippen LogP contribution in [0.2, 0.25) is 5.02 Å². The fourth-order valence-electron chi connectivity index (χ4n) is 1.67. The third-order valence-electron chi connectivity index (χ3n) is 2.55. The summed E-state index contributed by atoms with van der Waals surface area (Å²) in [6.45, 7) is 1.17.